The lowest BCUT2D eigenvalue weighted by molar-refractivity contribution is -0.197. The maximum Gasteiger partial charge on any atom is 0.310 e. The van der Waals surface area contributed by atoms with Gasteiger partial charge in [-0.2, -0.15) is 0 Å². The van der Waals surface area contributed by atoms with Gasteiger partial charge in [-0.05, 0) is 133 Å². The summed E-state index contributed by atoms with van der Waals surface area (Å²) in [6.07, 6.45) is 15.1. The van der Waals surface area contributed by atoms with Crippen molar-refractivity contribution < 1.29 is 19.8 Å². The highest BCUT2D eigenvalue weighted by Gasteiger charge is 2.69. The topological polar surface area (TPSA) is 74.6 Å². The number of phenols is 1. The van der Waals surface area contributed by atoms with Crippen LogP contribution in [0.15, 0.2) is 42.0 Å². The molecule has 0 amide bonds. The van der Waals surface area contributed by atoms with Gasteiger partial charge in [0.1, 0.15) is 5.75 Å². The summed E-state index contributed by atoms with van der Waals surface area (Å²) in [5, 5.41) is 20.3. The summed E-state index contributed by atoms with van der Waals surface area (Å²) in [7, 11) is 0. The molecule has 234 valence electrons. The Morgan fingerprint density at radius 3 is 2.23 bits per heavy atom. The first kappa shape index (κ1) is 30.7. The predicted molar refractivity (Wildman–Crippen MR) is 172 cm³/mol. The number of carbonyl (C=O) groups is 2. The van der Waals surface area contributed by atoms with Crippen molar-refractivity contribution in [3.05, 3.63) is 47.6 Å². The number of carboxylic acid groups (broad SMARTS) is 1. The number of carbonyl (C=O) groups excluding carboxylic acids is 1. The Hall–Kier alpha value is -2.36. The molecule has 5 aliphatic rings. The van der Waals surface area contributed by atoms with Crippen molar-refractivity contribution in [1.82, 2.24) is 0 Å². The number of phenolic OH excluding ortho intramolecular Hbond substituents is 1. The molecule has 0 aliphatic heterocycles. The van der Waals surface area contributed by atoms with E-state index in [2.05, 4.69) is 54.5 Å². The lowest BCUT2D eigenvalue weighted by Crippen LogP contribution is -2.65. The van der Waals surface area contributed by atoms with E-state index in [9.17, 15) is 19.8 Å². The molecule has 0 heterocycles. The van der Waals surface area contributed by atoms with Gasteiger partial charge in [-0.3, -0.25) is 9.59 Å². The van der Waals surface area contributed by atoms with E-state index in [1.54, 1.807) is 18.2 Å². The number of benzene rings is 1. The molecule has 1 aromatic carbocycles. The molecular formula is C39H54O4. The third-order valence-corrected chi connectivity index (χ3v) is 15.1. The maximum absolute atomic E-state index is 13.7. The zero-order chi connectivity index (χ0) is 31.2. The number of ketones is 1. The third-order valence-electron chi connectivity index (χ3n) is 15.1. The van der Waals surface area contributed by atoms with Crippen LogP contribution >= 0.6 is 0 Å². The minimum Gasteiger partial charge on any atom is -0.508 e. The second kappa shape index (κ2) is 10.1. The van der Waals surface area contributed by atoms with Gasteiger partial charge in [-0.15, -0.1) is 0 Å². The van der Waals surface area contributed by atoms with Crippen molar-refractivity contribution in [2.75, 3.05) is 0 Å². The molecule has 43 heavy (non-hydrogen) atoms. The smallest absolute Gasteiger partial charge is 0.310 e. The summed E-state index contributed by atoms with van der Waals surface area (Å²) in [5.41, 5.74) is 2.00. The van der Waals surface area contributed by atoms with E-state index in [4.69, 9.17) is 0 Å². The molecule has 2 N–H and O–H groups in total. The van der Waals surface area contributed by atoms with Crippen LogP contribution in [0.2, 0.25) is 0 Å². The van der Waals surface area contributed by atoms with Gasteiger partial charge in [0.05, 0.1) is 5.41 Å². The van der Waals surface area contributed by atoms with Gasteiger partial charge in [0, 0.05) is 5.92 Å². The average Bonchev–Trinajstić information content (AvgIpc) is 2.94. The maximum atomic E-state index is 13.7. The standard InChI is InChI=1S/C39H54O4/c1-24-16-21-39(34(42)43)23-22-37(6)29(33(39)25(24)2)13-15-32-36(5)19-17-28(35(3,4)31(36)18-20-38(32,37)7)30(41)14-10-26-8-11-27(40)12-9-26/h8-14,24-25,28,31-33,40H,15-23H2,1-7H3,(H,42,43). The lowest BCUT2D eigenvalue weighted by Gasteiger charge is -2.71. The second-order valence-corrected chi connectivity index (χ2v) is 16.8. The average molecular weight is 587 g/mol. The van der Waals surface area contributed by atoms with Crippen LogP contribution in [0.25, 0.3) is 6.08 Å². The van der Waals surface area contributed by atoms with Crippen LogP contribution in [0, 0.1) is 62.6 Å². The van der Waals surface area contributed by atoms with E-state index in [1.165, 1.54) is 5.57 Å². The monoisotopic (exact) mass is 586 g/mol. The van der Waals surface area contributed by atoms with Crippen molar-refractivity contribution in [2.45, 2.75) is 106 Å². The highest BCUT2D eigenvalue weighted by molar-refractivity contribution is 5.96. The molecule has 10 atom stereocenters. The normalized spacial score (nSPS) is 45.2. The fourth-order valence-corrected chi connectivity index (χ4v) is 12.3. The van der Waals surface area contributed by atoms with Crippen molar-refractivity contribution in [3.8, 4) is 5.75 Å². The molecule has 4 saturated carbocycles. The molecule has 4 nitrogen and oxygen atoms in total. The van der Waals surface area contributed by atoms with Crippen molar-refractivity contribution in [3.63, 3.8) is 0 Å². The number of hydrogen-bond donors (Lipinski definition) is 2. The fraction of sp³-hybridized carbons (Fsp3) is 0.692. The highest BCUT2D eigenvalue weighted by atomic mass is 16.4. The van der Waals surface area contributed by atoms with Crippen LogP contribution in [0.4, 0.5) is 0 Å². The summed E-state index contributed by atoms with van der Waals surface area (Å²) >= 11 is 0. The van der Waals surface area contributed by atoms with Gasteiger partial charge in [-0.1, -0.05) is 78.3 Å². The molecule has 5 aliphatic carbocycles. The second-order valence-electron chi connectivity index (χ2n) is 16.8. The number of fused-ring (bicyclic) bond motifs is 7. The van der Waals surface area contributed by atoms with Crippen LogP contribution in [0.5, 0.6) is 5.75 Å². The quantitative estimate of drug-likeness (QED) is 0.272. The van der Waals surface area contributed by atoms with Gasteiger partial charge in [-0.25, -0.2) is 0 Å². The largest absolute Gasteiger partial charge is 0.508 e. The van der Waals surface area contributed by atoms with E-state index < -0.39 is 11.4 Å². The number of hydrogen-bond acceptors (Lipinski definition) is 3. The molecule has 6 rings (SSSR count). The van der Waals surface area contributed by atoms with E-state index in [1.807, 2.05) is 18.2 Å². The van der Waals surface area contributed by atoms with Gasteiger partial charge in [0.25, 0.3) is 0 Å². The molecule has 0 aromatic heterocycles. The van der Waals surface area contributed by atoms with Gasteiger partial charge >= 0.3 is 5.97 Å². The minimum absolute atomic E-state index is 0.00372. The molecule has 0 bridgehead atoms. The molecule has 0 radical (unpaired) electrons. The van der Waals surface area contributed by atoms with Crippen LogP contribution in [-0.2, 0) is 9.59 Å². The van der Waals surface area contributed by atoms with E-state index in [-0.39, 0.29) is 45.0 Å². The zero-order valence-electron chi connectivity index (χ0n) is 27.6. The summed E-state index contributed by atoms with van der Waals surface area (Å²) < 4.78 is 0. The number of allylic oxidation sites excluding steroid dienone is 3. The van der Waals surface area contributed by atoms with Gasteiger partial charge in [0.15, 0.2) is 5.78 Å². The number of carboxylic acids is 1. The predicted octanol–water partition coefficient (Wildman–Crippen LogP) is 9.33. The number of rotatable bonds is 4. The third kappa shape index (κ3) is 4.20. The van der Waals surface area contributed by atoms with Crippen molar-refractivity contribution >= 4 is 17.8 Å². The Morgan fingerprint density at radius 2 is 1.56 bits per heavy atom. The molecular weight excluding hydrogens is 532 g/mol. The summed E-state index contributed by atoms with van der Waals surface area (Å²) in [4.78, 5) is 26.7. The minimum atomic E-state index is -0.602. The fourth-order valence-electron chi connectivity index (χ4n) is 12.3. The number of aliphatic carboxylic acids is 1. The molecule has 4 heteroatoms. The van der Waals surface area contributed by atoms with Crippen LogP contribution < -0.4 is 0 Å². The Balaban J connectivity index is 1.31. The Morgan fingerprint density at radius 1 is 0.860 bits per heavy atom. The zero-order valence-corrected chi connectivity index (χ0v) is 27.6. The van der Waals surface area contributed by atoms with Crippen LogP contribution in [-0.4, -0.2) is 22.0 Å². The SMILES string of the molecule is CC1CCC2(C(=O)O)CCC3(C)C(=CCC4C5(C)CCC(C(=O)C=Cc6ccc(O)cc6)C(C)(C)C5CCC43C)C2C1C. The van der Waals surface area contributed by atoms with E-state index in [0.29, 0.717) is 23.7 Å². The highest BCUT2D eigenvalue weighted by Crippen LogP contribution is 2.76. The summed E-state index contributed by atoms with van der Waals surface area (Å²) in [6.45, 7) is 17.0. The van der Waals surface area contributed by atoms with E-state index >= 15 is 0 Å². The summed E-state index contributed by atoms with van der Waals surface area (Å²) in [5.74, 6) is 1.98. The molecule has 0 spiro atoms. The molecule has 4 fully saturated rings. The van der Waals surface area contributed by atoms with Crippen molar-refractivity contribution in [2.24, 2.45) is 62.6 Å². The first-order valence-electron chi connectivity index (χ1n) is 17.1. The van der Waals surface area contributed by atoms with Crippen LogP contribution in [0.1, 0.15) is 112 Å². The van der Waals surface area contributed by atoms with Gasteiger partial charge < -0.3 is 10.2 Å². The van der Waals surface area contributed by atoms with Crippen LogP contribution in [0.3, 0.4) is 0 Å². The van der Waals surface area contributed by atoms with Crippen molar-refractivity contribution in [1.29, 1.82) is 0 Å². The lowest BCUT2D eigenvalue weighted by atomic mass is 9.33. The molecule has 10 unspecified atom stereocenters. The van der Waals surface area contributed by atoms with Gasteiger partial charge in [0.2, 0.25) is 0 Å². The molecule has 0 saturated heterocycles. The first-order valence-corrected chi connectivity index (χ1v) is 17.1. The number of aromatic hydroxyl groups is 1. The Bertz CT molecular complexity index is 1350. The van der Waals surface area contributed by atoms with E-state index in [0.717, 1.165) is 63.4 Å². The molecule has 1 aromatic rings. The Kier molecular flexibility index (Phi) is 7.18. The first-order chi connectivity index (χ1) is 20.1. The Labute approximate surface area is 259 Å². The summed E-state index contributed by atoms with van der Waals surface area (Å²) in [6, 6.07) is 7.01.